The van der Waals surface area contributed by atoms with Crippen LogP contribution in [0.15, 0.2) is 0 Å². The molecule has 1 heterocycles. The molecule has 0 aromatic rings. The Morgan fingerprint density at radius 1 is 1.22 bits per heavy atom. The first-order chi connectivity index (χ1) is 8.58. The van der Waals surface area contributed by atoms with Crippen molar-refractivity contribution in [3.63, 3.8) is 0 Å². The molecule has 0 saturated carbocycles. The quantitative estimate of drug-likeness (QED) is 0.664. The van der Waals surface area contributed by atoms with Crippen molar-refractivity contribution in [2.45, 2.75) is 19.8 Å². The maximum atomic E-state index is 5.63. The molecule has 0 aromatic carbocycles. The zero-order valence-corrected chi connectivity index (χ0v) is 12.7. The average molecular weight is 257 g/mol. The van der Waals surface area contributed by atoms with Gasteiger partial charge in [-0.3, -0.25) is 0 Å². The van der Waals surface area contributed by atoms with E-state index in [9.17, 15) is 0 Å². The van der Waals surface area contributed by atoms with Gasteiger partial charge in [-0.25, -0.2) is 0 Å². The first-order valence-corrected chi connectivity index (χ1v) is 7.20. The summed E-state index contributed by atoms with van der Waals surface area (Å²) in [5.74, 6) is 0. The van der Waals surface area contributed by atoms with Gasteiger partial charge in [0.15, 0.2) is 0 Å². The zero-order chi connectivity index (χ0) is 13.4. The molecule has 1 aliphatic rings. The molecule has 0 spiro atoms. The summed E-state index contributed by atoms with van der Waals surface area (Å²) in [7, 11) is 6.51. The normalized spacial score (nSPS) is 24.3. The lowest BCUT2D eigenvalue weighted by Crippen LogP contribution is -2.44. The molecular weight excluding hydrogens is 226 g/mol. The third-order valence-corrected chi connectivity index (χ3v) is 3.69. The second kappa shape index (κ2) is 8.10. The van der Waals surface area contributed by atoms with Gasteiger partial charge >= 0.3 is 0 Å². The molecule has 0 aliphatic carbocycles. The molecule has 1 N–H and O–H groups in total. The Bertz CT molecular complexity index is 215. The van der Waals surface area contributed by atoms with Gasteiger partial charge in [0.1, 0.15) is 0 Å². The van der Waals surface area contributed by atoms with E-state index in [2.05, 4.69) is 43.2 Å². The monoisotopic (exact) mass is 257 g/mol. The standard InChI is InChI=1S/C14H31N3O/c1-5-15-11-14(7-10-18-13-14)12-17(4)9-6-8-16(2)3/h15H,5-13H2,1-4H3. The number of rotatable bonds is 9. The smallest absolute Gasteiger partial charge is 0.0547 e. The van der Waals surface area contributed by atoms with E-state index in [0.717, 1.165) is 32.8 Å². The molecule has 1 atom stereocenters. The van der Waals surface area contributed by atoms with Crippen molar-refractivity contribution in [1.29, 1.82) is 0 Å². The van der Waals surface area contributed by atoms with Crippen LogP contribution >= 0.6 is 0 Å². The summed E-state index contributed by atoms with van der Waals surface area (Å²) >= 11 is 0. The fourth-order valence-electron chi connectivity index (χ4n) is 2.67. The van der Waals surface area contributed by atoms with Crippen LogP contribution in [0.1, 0.15) is 19.8 Å². The van der Waals surface area contributed by atoms with Crippen molar-refractivity contribution in [2.75, 3.05) is 67.1 Å². The summed E-state index contributed by atoms with van der Waals surface area (Å²) in [6.07, 6.45) is 2.43. The maximum Gasteiger partial charge on any atom is 0.0547 e. The Balaban J connectivity index is 2.31. The zero-order valence-electron chi connectivity index (χ0n) is 12.7. The van der Waals surface area contributed by atoms with Crippen LogP contribution in [-0.4, -0.2) is 76.9 Å². The van der Waals surface area contributed by atoms with Crippen LogP contribution in [0, 0.1) is 5.41 Å². The number of hydrogen-bond donors (Lipinski definition) is 1. The van der Waals surface area contributed by atoms with Crippen molar-refractivity contribution < 1.29 is 4.74 Å². The molecule has 108 valence electrons. The Morgan fingerprint density at radius 3 is 2.56 bits per heavy atom. The van der Waals surface area contributed by atoms with Gasteiger partial charge in [0.25, 0.3) is 0 Å². The molecule has 1 unspecified atom stereocenters. The summed E-state index contributed by atoms with van der Waals surface area (Å²) in [6.45, 7) is 9.63. The first kappa shape index (κ1) is 15.9. The summed E-state index contributed by atoms with van der Waals surface area (Å²) < 4.78 is 5.63. The molecule has 1 saturated heterocycles. The summed E-state index contributed by atoms with van der Waals surface area (Å²) in [5, 5.41) is 3.50. The Morgan fingerprint density at radius 2 is 2.00 bits per heavy atom. The van der Waals surface area contributed by atoms with Crippen LogP contribution in [0.3, 0.4) is 0 Å². The topological polar surface area (TPSA) is 27.7 Å². The Kier molecular flexibility index (Phi) is 7.15. The van der Waals surface area contributed by atoms with Crippen molar-refractivity contribution in [3.8, 4) is 0 Å². The van der Waals surface area contributed by atoms with E-state index < -0.39 is 0 Å². The molecule has 0 radical (unpaired) electrons. The van der Waals surface area contributed by atoms with Crippen molar-refractivity contribution >= 4 is 0 Å². The largest absolute Gasteiger partial charge is 0.381 e. The lowest BCUT2D eigenvalue weighted by molar-refractivity contribution is 0.118. The predicted molar refractivity (Wildman–Crippen MR) is 77.1 cm³/mol. The number of hydrogen-bond acceptors (Lipinski definition) is 4. The van der Waals surface area contributed by atoms with Gasteiger partial charge in [-0.1, -0.05) is 6.92 Å². The highest BCUT2D eigenvalue weighted by Crippen LogP contribution is 2.28. The highest BCUT2D eigenvalue weighted by Gasteiger charge is 2.35. The Hall–Kier alpha value is -0.160. The number of nitrogens with one attached hydrogen (secondary N) is 1. The van der Waals surface area contributed by atoms with E-state index in [1.807, 2.05) is 0 Å². The summed E-state index contributed by atoms with van der Waals surface area (Å²) in [5.41, 5.74) is 0.336. The van der Waals surface area contributed by atoms with Crippen molar-refractivity contribution in [3.05, 3.63) is 0 Å². The molecule has 4 nitrogen and oxygen atoms in total. The molecule has 4 heteroatoms. The molecular formula is C14H31N3O. The second-order valence-electron chi connectivity index (χ2n) is 5.98. The van der Waals surface area contributed by atoms with E-state index in [0.29, 0.717) is 5.41 Å². The van der Waals surface area contributed by atoms with Gasteiger partial charge in [0.05, 0.1) is 6.61 Å². The van der Waals surface area contributed by atoms with E-state index >= 15 is 0 Å². The highest BCUT2D eigenvalue weighted by atomic mass is 16.5. The van der Waals surface area contributed by atoms with E-state index in [1.165, 1.54) is 25.9 Å². The average Bonchev–Trinajstić information content (AvgIpc) is 2.75. The van der Waals surface area contributed by atoms with Crippen LogP contribution in [-0.2, 0) is 4.74 Å². The molecule has 1 fully saturated rings. The van der Waals surface area contributed by atoms with Gasteiger partial charge in [-0.15, -0.1) is 0 Å². The fourth-order valence-corrected chi connectivity index (χ4v) is 2.67. The summed E-state index contributed by atoms with van der Waals surface area (Å²) in [4.78, 5) is 4.72. The molecule has 0 aromatic heterocycles. The van der Waals surface area contributed by atoms with E-state index in [4.69, 9.17) is 4.74 Å². The van der Waals surface area contributed by atoms with Gasteiger partial charge < -0.3 is 19.9 Å². The van der Waals surface area contributed by atoms with Crippen LogP contribution in [0.25, 0.3) is 0 Å². The first-order valence-electron chi connectivity index (χ1n) is 7.20. The van der Waals surface area contributed by atoms with Gasteiger partial charge in [0.2, 0.25) is 0 Å². The third-order valence-electron chi connectivity index (χ3n) is 3.69. The molecule has 0 bridgehead atoms. The number of ether oxygens (including phenoxy) is 1. The highest BCUT2D eigenvalue weighted by molar-refractivity contribution is 4.87. The predicted octanol–water partition coefficient (Wildman–Crippen LogP) is 0.886. The third kappa shape index (κ3) is 5.65. The summed E-state index contributed by atoms with van der Waals surface area (Å²) in [6, 6.07) is 0. The van der Waals surface area contributed by atoms with Gasteiger partial charge in [-0.05, 0) is 53.6 Å². The minimum atomic E-state index is 0.336. The molecule has 0 amide bonds. The van der Waals surface area contributed by atoms with Crippen molar-refractivity contribution in [2.24, 2.45) is 5.41 Å². The minimum Gasteiger partial charge on any atom is -0.381 e. The Labute approximate surface area is 113 Å². The lowest BCUT2D eigenvalue weighted by atomic mass is 9.86. The minimum absolute atomic E-state index is 0.336. The van der Waals surface area contributed by atoms with Gasteiger partial charge in [0, 0.05) is 25.1 Å². The van der Waals surface area contributed by atoms with E-state index in [-0.39, 0.29) is 0 Å². The van der Waals surface area contributed by atoms with Crippen LogP contribution in [0.4, 0.5) is 0 Å². The van der Waals surface area contributed by atoms with Gasteiger partial charge in [-0.2, -0.15) is 0 Å². The fraction of sp³-hybridized carbons (Fsp3) is 1.00. The molecule has 1 aliphatic heterocycles. The van der Waals surface area contributed by atoms with E-state index in [1.54, 1.807) is 0 Å². The number of nitrogens with zero attached hydrogens (tertiary/aromatic N) is 2. The SMILES string of the molecule is CCNCC1(CN(C)CCCN(C)C)CCOC1. The second-order valence-corrected chi connectivity index (χ2v) is 5.98. The molecule has 1 rings (SSSR count). The molecule has 18 heavy (non-hydrogen) atoms. The van der Waals surface area contributed by atoms with Crippen LogP contribution < -0.4 is 5.32 Å². The van der Waals surface area contributed by atoms with Crippen LogP contribution in [0.2, 0.25) is 0 Å². The lowest BCUT2D eigenvalue weighted by Gasteiger charge is -2.32. The maximum absolute atomic E-state index is 5.63. The van der Waals surface area contributed by atoms with Crippen molar-refractivity contribution in [1.82, 2.24) is 15.1 Å². The van der Waals surface area contributed by atoms with Crippen LogP contribution in [0.5, 0.6) is 0 Å².